The minimum absolute atomic E-state index is 0.269. The van der Waals surface area contributed by atoms with Gasteiger partial charge in [0.1, 0.15) is 5.82 Å². The monoisotopic (exact) mass is 442 g/mol. The molecule has 0 aliphatic heterocycles. The molecule has 9 heteroatoms. The van der Waals surface area contributed by atoms with E-state index in [0.29, 0.717) is 22.8 Å². The van der Waals surface area contributed by atoms with Crippen LogP contribution in [0.3, 0.4) is 0 Å². The molecule has 0 spiro atoms. The Kier molecular flexibility index (Phi) is 5.86. The van der Waals surface area contributed by atoms with E-state index in [-0.39, 0.29) is 18.0 Å². The molecule has 1 amide bonds. The average Bonchev–Trinajstić information content (AvgIpc) is 3.26. The topological polar surface area (TPSA) is 122 Å². The Balaban J connectivity index is 1.49. The quantitative estimate of drug-likeness (QED) is 0.358. The summed E-state index contributed by atoms with van der Waals surface area (Å²) < 4.78 is 1.58. The van der Waals surface area contributed by atoms with Gasteiger partial charge in [0, 0.05) is 41.9 Å². The molecule has 33 heavy (non-hydrogen) atoms. The van der Waals surface area contributed by atoms with Crippen LogP contribution in [-0.2, 0) is 0 Å². The van der Waals surface area contributed by atoms with E-state index in [0.717, 1.165) is 37.1 Å². The number of nitrogens with two attached hydrogens (primary N) is 1. The van der Waals surface area contributed by atoms with Gasteiger partial charge in [-0.2, -0.15) is 0 Å². The first-order valence-electron chi connectivity index (χ1n) is 11.1. The van der Waals surface area contributed by atoms with Crippen molar-refractivity contribution in [3.05, 3.63) is 72.8 Å². The predicted molar refractivity (Wildman–Crippen MR) is 129 cm³/mol. The van der Waals surface area contributed by atoms with Crippen LogP contribution in [0.15, 0.2) is 67.1 Å². The zero-order chi connectivity index (χ0) is 22.6. The summed E-state index contributed by atoms with van der Waals surface area (Å²) in [5, 5.41) is 14.5. The van der Waals surface area contributed by atoms with E-state index in [4.69, 9.17) is 10.8 Å². The van der Waals surface area contributed by atoms with Gasteiger partial charge in [0.15, 0.2) is 11.3 Å². The van der Waals surface area contributed by atoms with Crippen LogP contribution < -0.4 is 21.7 Å². The van der Waals surface area contributed by atoms with Crippen molar-refractivity contribution in [1.82, 2.24) is 19.6 Å². The van der Waals surface area contributed by atoms with Crippen molar-refractivity contribution in [3.8, 4) is 0 Å². The number of nitrogens with zero attached hydrogens (tertiary/aromatic N) is 4. The Morgan fingerprint density at radius 1 is 1.00 bits per heavy atom. The Morgan fingerprint density at radius 3 is 2.52 bits per heavy atom. The van der Waals surface area contributed by atoms with Crippen molar-refractivity contribution < 1.29 is 4.79 Å². The summed E-state index contributed by atoms with van der Waals surface area (Å²) in [7, 11) is 0. The highest BCUT2D eigenvalue weighted by Crippen LogP contribution is 2.27. The average molecular weight is 443 g/mol. The number of hydrogen-bond acceptors (Lipinski definition) is 7. The molecule has 0 radical (unpaired) electrons. The first kappa shape index (κ1) is 20.9. The molecule has 0 atom stereocenters. The molecule has 1 fully saturated rings. The van der Waals surface area contributed by atoms with Gasteiger partial charge in [-0.05, 0) is 49.9 Å². The van der Waals surface area contributed by atoms with Gasteiger partial charge in [-0.3, -0.25) is 9.78 Å². The number of anilines is 4. The maximum absolute atomic E-state index is 13.0. The third kappa shape index (κ3) is 4.78. The molecule has 1 aliphatic rings. The largest absolute Gasteiger partial charge is 0.366 e. The van der Waals surface area contributed by atoms with Gasteiger partial charge in [0.25, 0.3) is 5.91 Å². The lowest BCUT2D eigenvalue weighted by Crippen LogP contribution is -2.33. The highest BCUT2D eigenvalue weighted by atomic mass is 16.2. The van der Waals surface area contributed by atoms with Crippen molar-refractivity contribution in [2.24, 2.45) is 5.73 Å². The number of pyridine rings is 1. The lowest BCUT2D eigenvalue weighted by Gasteiger charge is -2.27. The molecular weight excluding hydrogens is 416 g/mol. The summed E-state index contributed by atoms with van der Waals surface area (Å²) in [6, 6.07) is 15.8. The highest BCUT2D eigenvalue weighted by molar-refractivity contribution is 6.03. The van der Waals surface area contributed by atoms with Crippen molar-refractivity contribution in [2.75, 3.05) is 16.0 Å². The van der Waals surface area contributed by atoms with Gasteiger partial charge in [-0.25, -0.2) is 9.50 Å². The van der Waals surface area contributed by atoms with Crippen LogP contribution in [0.1, 0.15) is 36.2 Å². The number of imidazole rings is 1. The summed E-state index contributed by atoms with van der Waals surface area (Å²) in [4.78, 5) is 21.5. The zero-order valence-electron chi connectivity index (χ0n) is 18.1. The lowest BCUT2D eigenvalue weighted by atomic mass is 9.92. The first-order chi connectivity index (χ1) is 16.2. The minimum Gasteiger partial charge on any atom is -0.366 e. The van der Waals surface area contributed by atoms with E-state index in [1.165, 1.54) is 0 Å². The number of nitrogens with one attached hydrogen (secondary N) is 3. The van der Waals surface area contributed by atoms with Crippen molar-refractivity contribution in [1.29, 1.82) is 0 Å². The van der Waals surface area contributed by atoms with Gasteiger partial charge >= 0.3 is 0 Å². The predicted octanol–water partition coefficient (Wildman–Crippen LogP) is 3.80. The molecule has 5 rings (SSSR count). The fourth-order valence-corrected chi connectivity index (χ4v) is 4.07. The van der Waals surface area contributed by atoms with Gasteiger partial charge in [0.05, 0.1) is 11.9 Å². The van der Waals surface area contributed by atoms with Crippen molar-refractivity contribution in [2.45, 2.75) is 37.8 Å². The minimum atomic E-state index is -0.298. The second-order valence-electron chi connectivity index (χ2n) is 8.26. The smallest absolute Gasteiger partial charge is 0.276 e. The molecule has 3 heterocycles. The third-order valence-corrected chi connectivity index (χ3v) is 5.82. The number of fused-ring (bicyclic) bond motifs is 1. The molecule has 168 valence electrons. The van der Waals surface area contributed by atoms with Crippen LogP contribution in [0, 0.1) is 0 Å². The van der Waals surface area contributed by atoms with E-state index >= 15 is 0 Å². The third-order valence-electron chi connectivity index (χ3n) is 5.82. The standard InChI is InChI=1S/C24H26N8O/c25-16-6-8-18(9-7-16)29-22-14-20(28-17-4-2-1-3-5-17)23-27-15-21(32(23)31-22)24(33)30-19-10-12-26-13-11-19/h1-5,10-16,18,28H,6-9,25H2,(H,29,31)(H,26,30,33). The van der Waals surface area contributed by atoms with Gasteiger partial charge in [-0.1, -0.05) is 18.2 Å². The second-order valence-corrected chi connectivity index (χ2v) is 8.26. The first-order valence-corrected chi connectivity index (χ1v) is 11.1. The van der Waals surface area contributed by atoms with Crippen LogP contribution in [0.2, 0.25) is 0 Å². The van der Waals surface area contributed by atoms with Gasteiger partial charge < -0.3 is 21.7 Å². The SMILES string of the molecule is NC1CCC(Nc2cc(Nc3ccccc3)c3ncc(C(=O)Nc4ccncc4)n3n2)CC1. The Hall–Kier alpha value is -3.98. The summed E-state index contributed by atoms with van der Waals surface area (Å²) in [5.74, 6) is 0.380. The fourth-order valence-electron chi connectivity index (χ4n) is 4.07. The second kappa shape index (κ2) is 9.25. The lowest BCUT2D eigenvalue weighted by molar-refractivity contribution is 0.102. The molecule has 0 unspecified atom stereocenters. The molecule has 1 aliphatic carbocycles. The number of para-hydroxylation sites is 1. The van der Waals surface area contributed by atoms with Gasteiger partial charge in [0.2, 0.25) is 0 Å². The van der Waals surface area contributed by atoms with E-state index in [9.17, 15) is 4.79 Å². The number of benzene rings is 1. The summed E-state index contributed by atoms with van der Waals surface area (Å²) in [5.41, 5.74) is 9.30. The summed E-state index contributed by atoms with van der Waals surface area (Å²) in [6.07, 6.45) is 8.74. The van der Waals surface area contributed by atoms with E-state index in [2.05, 4.69) is 25.9 Å². The molecule has 9 nitrogen and oxygen atoms in total. The molecular formula is C24H26N8O. The van der Waals surface area contributed by atoms with Crippen LogP contribution in [0.4, 0.5) is 22.9 Å². The van der Waals surface area contributed by atoms with E-state index in [1.807, 2.05) is 36.4 Å². The Bertz CT molecular complexity index is 1230. The molecule has 1 aromatic carbocycles. The fraction of sp³-hybridized carbons (Fsp3) is 0.250. The van der Waals surface area contributed by atoms with Crippen LogP contribution >= 0.6 is 0 Å². The Labute approximate surface area is 191 Å². The summed E-state index contributed by atoms with van der Waals surface area (Å²) in [6.45, 7) is 0. The number of aromatic nitrogens is 4. The molecule has 0 saturated heterocycles. The van der Waals surface area contributed by atoms with Crippen molar-refractivity contribution >= 4 is 34.4 Å². The maximum Gasteiger partial charge on any atom is 0.276 e. The zero-order valence-corrected chi connectivity index (χ0v) is 18.1. The molecule has 5 N–H and O–H groups in total. The van der Waals surface area contributed by atoms with Gasteiger partial charge in [-0.15, -0.1) is 5.10 Å². The number of hydrogen-bond donors (Lipinski definition) is 4. The molecule has 4 aromatic rings. The Morgan fingerprint density at radius 2 is 1.76 bits per heavy atom. The van der Waals surface area contributed by atoms with Crippen LogP contribution in [0.5, 0.6) is 0 Å². The summed E-state index contributed by atoms with van der Waals surface area (Å²) >= 11 is 0. The van der Waals surface area contributed by atoms with E-state index < -0.39 is 0 Å². The van der Waals surface area contributed by atoms with E-state index in [1.54, 1.807) is 35.2 Å². The number of carbonyl (C=O) groups excluding carboxylic acids is 1. The maximum atomic E-state index is 13.0. The number of carbonyl (C=O) groups is 1. The molecule has 0 bridgehead atoms. The number of amides is 1. The number of rotatable bonds is 6. The normalized spacial score (nSPS) is 18.1. The van der Waals surface area contributed by atoms with Crippen LogP contribution in [-0.4, -0.2) is 37.6 Å². The molecule has 1 saturated carbocycles. The highest BCUT2D eigenvalue weighted by Gasteiger charge is 2.21. The van der Waals surface area contributed by atoms with Crippen LogP contribution in [0.25, 0.3) is 5.65 Å². The molecule has 3 aromatic heterocycles. The van der Waals surface area contributed by atoms with Crippen molar-refractivity contribution in [3.63, 3.8) is 0 Å².